The Kier molecular flexibility index (Phi) is 4.86. The number of benzene rings is 1. The van der Waals surface area contributed by atoms with Gasteiger partial charge in [0.05, 0.1) is 23.7 Å². The first-order chi connectivity index (χ1) is 16.0. The number of hydrogen-bond donors (Lipinski definition) is 1. The Balaban J connectivity index is 1.42. The number of nitrogens with one attached hydrogen (secondary N) is 1. The molecule has 1 N–H and O–H groups in total. The molecule has 2 aromatic rings. The Morgan fingerprint density at radius 2 is 1.82 bits per heavy atom. The van der Waals surface area contributed by atoms with Crippen LogP contribution < -0.4 is 15.0 Å². The van der Waals surface area contributed by atoms with E-state index in [-0.39, 0.29) is 36.7 Å². The second-order valence-electron chi connectivity index (χ2n) is 9.70. The summed E-state index contributed by atoms with van der Waals surface area (Å²) in [5.41, 5.74) is -1.87. The van der Waals surface area contributed by atoms with Gasteiger partial charge in [0.25, 0.3) is 5.91 Å². The lowest BCUT2D eigenvalue weighted by atomic mass is 9.95. The summed E-state index contributed by atoms with van der Waals surface area (Å²) in [5, 5.41) is 3.24. The summed E-state index contributed by atoms with van der Waals surface area (Å²) in [7, 11) is 0. The molecule has 1 saturated heterocycles. The molecule has 1 aliphatic carbocycles. The number of carbonyl (C=O) groups is 2. The van der Waals surface area contributed by atoms with E-state index in [1.165, 1.54) is 29.2 Å². The molecule has 0 bridgehead atoms. The fourth-order valence-corrected chi connectivity index (χ4v) is 4.65. The molecule has 7 nitrogen and oxygen atoms in total. The van der Waals surface area contributed by atoms with Crippen molar-refractivity contribution < 1.29 is 27.5 Å². The van der Waals surface area contributed by atoms with Crippen LogP contribution in [-0.4, -0.2) is 46.2 Å². The molecule has 180 valence electrons. The first-order valence-electron chi connectivity index (χ1n) is 11.2. The van der Waals surface area contributed by atoms with E-state index in [9.17, 15) is 22.8 Å². The average molecular weight is 474 g/mol. The molecule has 3 aliphatic rings. The number of nitrogens with zero attached hydrogens (tertiary/aromatic N) is 3. The molecule has 1 aromatic heterocycles. The van der Waals surface area contributed by atoms with E-state index in [1.807, 2.05) is 6.92 Å². The van der Waals surface area contributed by atoms with Gasteiger partial charge in [-0.3, -0.25) is 4.79 Å². The van der Waals surface area contributed by atoms with Gasteiger partial charge in [0.2, 0.25) is 0 Å². The summed E-state index contributed by atoms with van der Waals surface area (Å²) in [6.07, 6.45) is -2.62. The molecule has 2 fully saturated rings. The minimum Gasteiger partial charge on any atom is -0.487 e. The Bertz CT molecular complexity index is 1160. The van der Waals surface area contributed by atoms with Crippen LogP contribution in [0.5, 0.6) is 5.75 Å². The molecule has 1 atom stereocenters. The molecule has 0 spiro atoms. The highest BCUT2D eigenvalue weighted by Gasteiger charge is 2.64. The first kappa shape index (κ1) is 22.5. The number of halogens is 3. The number of carbonyl (C=O) groups excluding carboxylic acids is 2. The number of pyridine rings is 1. The lowest BCUT2D eigenvalue weighted by Gasteiger charge is -2.30. The fourth-order valence-electron chi connectivity index (χ4n) is 4.65. The maximum absolute atomic E-state index is 13.5. The van der Waals surface area contributed by atoms with Crippen LogP contribution in [0, 0.1) is 0 Å². The van der Waals surface area contributed by atoms with Crippen molar-refractivity contribution in [2.24, 2.45) is 0 Å². The Hall–Kier alpha value is -3.30. The maximum Gasteiger partial charge on any atom is 0.398 e. The highest BCUT2D eigenvalue weighted by Crippen LogP contribution is 2.59. The SMILES string of the molecule is C[C@H]1COc2c(CN3C(=O)N(c4ccc(C5(C(F)(F)F)CC5)cc4)C(=O)C3(C)C)ccnc2N1. The molecule has 3 heterocycles. The Morgan fingerprint density at radius 3 is 2.44 bits per heavy atom. The van der Waals surface area contributed by atoms with Crippen LogP contribution in [0.25, 0.3) is 0 Å². The zero-order valence-electron chi connectivity index (χ0n) is 19.1. The molecule has 5 rings (SSSR count). The van der Waals surface area contributed by atoms with Crippen molar-refractivity contribution in [3.05, 3.63) is 47.7 Å². The van der Waals surface area contributed by atoms with Gasteiger partial charge in [-0.05, 0) is 57.4 Å². The number of amides is 3. The van der Waals surface area contributed by atoms with Gasteiger partial charge < -0.3 is 15.0 Å². The molecular formula is C24H25F3N4O3. The largest absolute Gasteiger partial charge is 0.487 e. The number of rotatable bonds is 4. The summed E-state index contributed by atoms with van der Waals surface area (Å²) in [6.45, 7) is 5.83. The molecule has 1 saturated carbocycles. The van der Waals surface area contributed by atoms with Crippen LogP contribution in [0.1, 0.15) is 44.7 Å². The van der Waals surface area contributed by atoms with Crippen molar-refractivity contribution in [3.8, 4) is 5.75 Å². The molecule has 1 aromatic carbocycles. The summed E-state index contributed by atoms with van der Waals surface area (Å²) in [5.74, 6) is 0.678. The quantitative estimate of drug-likeness (QED) is 0.655. The topological polar surface area (TPSA) is 74.8 Å². The maximum atomic E-state index is 13.5. The molecule has 34 heavy (non-hydrogen) atoms. The van der Waals surface area contributed by atoms with E-state index in [4.69, 9.17) is 4.74 Å². The van der Waals surface area contributed by atoms with Crippen LogP contribution in [0.2, 0.25) is 0 Å². The third-order valence-electron chi connectivity index (χ3n) is 6.97. The lowest BCUT2D eigenvalue weighted by Crippen LogP contribution is -2.44. The fraction of sp³-hybridized carbons (Fsp3) is 0.458. The van der Waals surface area contributed by atoms with Crippen LogP contribution in [0.15, 0.2) is 36.5 Å². The van der Waals surface area contributed by atoms with Gasteiger partial charge in [0, 0.05) is 11.8 Å². The molecule has 10 heteroatoms. The minimum atomic E-state index is -4.33. The summed E-state index contributed by atoms with van der Waals surface area (Å²) in [4.78, 5) is 33.4. The normalized spacial score (nSPS) is 22.8. The van der Waals surface area contributed by atoms with Crippen molar-refractivity contribution in [3.63, 3.8) is 0 Å². The zero-order chi connectivity index (χ0) is 24.5. The van der Waals surface area contributed by atoms with Gasteiger partial charge in [-0.2, -0.15) is 13.2 Å². The van der Waals surface area contributed by atoms with Crippen molar-refractivity contribution in [2.75, 3.05) is 16.8 Å². The predicted octanol–water partition coefficient (Wildman–Crippen LogP) is 4.62. The Labute approximate surface area is 194 Å². The van der Waals surface area contributed by atoms with Gasteiger partial charge in [0.15, 0.2) is 11.6 Å². The van der Waals surface area contributed by atoms with Gasteiger partial charge in [0.1, 0.15) is 12.1 Å². The molecule has 2 aliphatic heterocycles. The van der Waals surface area contributed by atoms with E-state index < -0.39 is 29.1 Å². The van der Waals surface area contributed by atoms with Crippen LogP contribution in [0.4, 0.5) is 29.5 Å². The standard InChI is InChI=1S/C24H25F3N4O3/c1-14-13-34-18-15(8-11-28-19(18)29-14)12-30-21(33)31(20(32)22(30,2)3)17-6-4-16(5-7-17)23(9-10-23)24(25,26)27/h4-8,11,14H,9-10,12-13H2,1-3H3,(H,28,29)/t14-/m0/s1. The molecule has 0 radical (unpaired) electrons. The van der Waals surface area contributed by atoms with E-state index in [0.717, 1.165) is 4.90 Å². The van der Waals surface area contributed by atoms with Crippen molar-refractivity contribution in [2.45, 2.75) is 63.3 Å². The predicted molar refractivity (Wildman–Crippen MR) is 119 cm³/mol. The minimum absolute atomic E-state index is 0.0458. The first-order valence-corrected chi connectivity index (χ1v) is 11.2. The van der Waals surface area contributed by atoms with Crippen molar-refractivity contribution in [1.82, 2.24) is 9.88 Å². The Morgan fingerprint density at radius 1 is 1.15 bits per heavy atom. The lowest BCUT2D eigenvalue weighted by molar-refractivity contribution is -0.160. The number of hydrogen-bond acceptors (Lipinski definition) is 5. The third-order valence-corrected chi connectivity index (χ3v) is 6.97. The number of urea groups is 1. The van der Waals surface area contributed by atoms with Gasteiger partial charge in [-0.1, -0.05) is 12.1 Å². The van der Waals surface area contributed by atoms with E-state index in [2.05, 4.69) is 10.3 Å². The number of imide groups is 1. The zero-order valence-corrected chi connectivity index (χ0v) is 19.1. The number of ether oxygens (including phenoxy) is 1. The third kappa shape index (κ3) is 3.30. The number of fused-ring (bicyclic) bond motifs is 1. The van der Waals surface area contributed by atoms with Gasteiger partial charge in [-0.15, -0.1) is 0 Å². The van der Waals surface area contributed by atoms with Gasteiger partial charge in [-0.25, -0.2) is 14.7 Å². The number of anilines is 2. The van der Waals surface area contributed by atoms with Crippen molar-refractivity contribution >= 4 is 23.4 Å². The average Bonchev–Trinajstić information content (AvgIpc) is 3.57. The number of alkyl halides is 3. The highest BCUT2D eigenvalue weighted by molar-refractivity contribution is 6.22. The second kappa shape index (κ2) is 7.35. The van der Waals surface area contributed by atoms with E-state index >= 15 is 0 Å². The van der Waals surface area contributed by atoms with Crippen LogP contribution >= 0.6 is 0 Å². The smallest absolute Gasteiger partial charge is 0.398 e. The van der Waals surface area contributed by atoms with E-state index in [1.54, 1.807) is 26.1 Å². The molecule has 0 unspecified atom stereocenters. The number of aromatic nitrogens is 1. The van der Waals surface area contributed by atoms with Crippen LogP contribution in [-0.2, 0) is 16.8 Å². The van der Waals surface area contributed by atoms with Crippen LogP contribution in [0.3, 0.4) is 0 Å². The van der Waals surface area contributed by atoms with E-state index in [0.29, 0.717) is 23.7 Å². The molecule has 3 amide bonds. The summed E-state index contributed by atoms with van der Waals surface area (Å²) in [6, 6.07) is 6.86. The summed E-state index contributed by atoms with van der Waals surface area (Å²) < 4.78 is 46.2. The van der Waals surface area contributed by atoms with Gasteiger partial charge >= 0.3 is 12.2 Å². The summed E-state index contributed by atoms with van der Waals surface area (Å²) >= 11 is 0. The van der Waals surface area contributed by atoms with Crippen molar-refractivity contribution in [1.29, 1.82) is 0 Å². The second-order valence-corrected chi connectivity index (χ2v) is 9.70. The monoisotopic (exact) mass is 474 g/mol. The highest BCUT2D eigenvalue weighted by atomic mass is 19.4. The molecular weight excluding hydrogens is 449 g/mol.